The van der Waals surface area contributed by atoms with Crippen molar-refractivity contribution in [2.75, 3.05) is 6.54 Å². The summed E-state index contributed by atoms with van der Waals surface area (Å²) in [5.74, 6) is 5.18. The van der Waals surface area contributed by atoms with Gasteiger partial charge in [0.25, 0.3) is 6.43 Å². The van der Waals surface area contributed by atoms with E-state index in [1.165, 1.54) is 19.1 Å². The molecule has 2 aromatic heterocycles. The molecule has 3 rings (SSSR count). The molecule has 166 valence electrons. The summed E-state index contributed by atoms with van der Waals surface area (Å²) in [5.41, 5.74) is 0.922. The fraction of sp³-hybridized carbons (Fsp3) is 0.304. The first-order valence-electron chi connectivity index (χ1n) is 9.86. The number of nitrogens with zero attached hydrogens (tertiary/aromatic N) is 4. The summed E-state index contributed by atoms with van der Waals surface area (Å²) < 4.78 is 42.6. The van der Waals surface area contributed by atoms with E-state index in [2.05, 4.69) is 32.1 Å². The Balaban J connectivity index is 2.11. The third-order valence-corrected chi connectivity index (χ3v) is 4.94. The molecule has 1 amide bonds. The van der Waals surface area contributed by atoms with Crippen LogP contribution in [-0.4, -0.2) is 27.0 Å². The fourth-order valence-electron chi connectivity index (χ4n) is 3.14. The zero-order valence-electron chi connectivity index (χ0n) is 18.1. The molecule has 0 saturated carbocycles. The van der Waals surface area contributed by atoms with E-state index in [0.29, 0.717) is 22.4 Å². The molecule has 9 heteroatoms. The number of pyridine rings is 1. The van der Waals surface area contributed by atoms with Crippen LogP contribution in [0.2, 0.25) is 0 Å². The third kappa shape index (κ3) is 4.97. The maximum absolute atomic E-state index is 14.6. The molecule has 0 aliphatic heterocycles. The number of hydrogen-bond acceptors (Lipinski definition) is 4. The summed E-state index contributed by atoms with van der Waals surface area (Å²) in [6.45, 7) is 5.00. The monoisotopic (exact) mass is 441 g/mol. The highest BCUT2D eigenvalue weighted by Gasteiger charge is 2.19. The van der Waals surface area contributed by atoms with Gasteiger partial charge in [-0.25, -0.2) is 23.1 Å². The van der Waals surface area contributed by atoms with Gasteiger partial charge in [0, 0.05) is 24.9 Å². The summed E-state index contributed by atoms with van der Waals surface area (Å²) in [6, 6.07) is 4.85. The molecular formula is C23H22F3N5O. The molecule has 0 aliphatic carbocycles. The van der Waals surface area contributed by atoms with E-state index in [0.717, 1.165) is 11.6 Å². The lowest BCUT2D eigenvalue weighted by atomic mass is 10.0. The molecule has 0 aliphatic rings. The fourth-order valence-corrected chi connectivity index (χ4v) is 3.14. The van der Waals surface area contributed by atoms with E-state index in [1.807, 2.05) is 11.6 Å². The van der Waals surface area contributed by atoms with Crippen molar-refractivity contribution in [2.45, 2.75) is 33.2 Å². The molecule has 0 bridgehead atoms. The lowest BCUT2D eigenvalue weighted by Crippen LogP contribution is -2.19. The number of carbonyl (C=O) groups excluding carboxylic acids is 1. The Labute approximate surface area is 183 Å². The normalized spacial score (nSPS) is 12.6. The lowest BCUT2D eigenvalue weighted by Gasteiger charge is -2.13. The maximum Gasteiger partial charge on any atom is 0.266 e. The van der Waals surface area contributed by atoms with Crippen molar-refractivity contribution in [3.05, 3.63) is 64.4 Å². The van der Waals surface area contributed by atoms with Crippen LogP contribution in [0.4, 0.5) is 13.2 Å². The van der Waals surface area contributed by atoms with Crippen molar-refractivity contribution in [1.82, 2.24) is 19.9 Å². The van der Waals surface area contributed by atoms with Crippen LogP contribution in [0.3, 0.4) is 0 Å². The zero-order chi connectivity index (χ0) is 23.4. The average molecular weight is 441 g/mol. The smallest absolute Gasteiger partial charge is 0.266 e. The molecule has 0 unspecified atom stereocenters. The number of halogens is 3. The zero-order valence-corrected chi connectivity index (χ0v) is 18.1. The van der Waals surface area contributed by atoms with Crippen LogP contribution in [-0.2, 0) is 11.8 Å². The van der Waals surface area contributed by atoms with Gasteiger partial charge in [0.2, 0.25) is 5.91 Å². The van der Waals surface area contributed by atoms with Crippen molar-refractivity contribution < 1.29 is 18.0 Å². The number of hydrogen-bond donors (Lipinski definition) is 1. The molecule has 0 radical (unpaired) electrons. The quantitative estimate of drug-likeness (QED) is 0.630. The molecule has 0 saturated heterocycles. The summed E-state index contributed by atoms with van der Waals surface area (Å²) in [5, 5.41) is 3.21. The molecule has 3 aromatic rings. The number of alkyl halides is 2. The predicted molar refractivity (Wildman–Crippen MR) is 114 cm³/mol. The van der Waals surface area contributed by atoms with Gasteiger partial charge in [-0.1, -0.05) is 24.1 Å². The number of aromatic nitrogens is 3. The second kappa shape index (κ2) is 9.64. The molecular weight excluding hydrogens is 419 g/mol. The molecule has 0 fully saturated rings. The summed E-state index contributed by atoms with van der Waals surface area (Å²) in [6.07, 6.45) is -1.28. The largest absolute Gasteiger partial charge is 0.345 e. The predicted octanol–water partition coefficient (Wildman–Crippen LogP) is 3.50. The Hall–Kier alpha value is -3.67. The highest BCUT2D eigenvalue weighted by atomic mass is 19.3. The first-order chi connectivity index (χ1) is 15.2. The molecule has 1 N–H and O–H groups in total. The van der Waals surface area contributed by atoms with Crippen LogP contribution >= 0.6 is 0 Å². The summed E-state index contributed by atoms with van der Waals surface area (Å²) in [4.78, 5) is 24.3. The van der Waals surface area contributed by atoms with E-state index >= 15 is 0 Å². The number of carbonyl (C=O) groups is 1. The topological polar surface area (TPSA) is 72.2 Å². The van der Waals surface area contributed by atoms with Gasteiger partial charge in [0.05, 0.1) is 29.9 Å². The summed E-state index contributed by atoms with van der Waals surface area (Å²) in [7, 11) is 1.83. The number of amides is 1. The van der Waals surface area contributed by atoms with Gasteiger partial charge in [-0.15, -0.1) is 0 Å². The second-order valence-electron chi connectivity index (χ2n) is 7.20. The molecule has 6 nitrogen and oxygen atoms in total. The Kier molecular flexibility index (Phi) is 6.93. The number of benzene rings is 1. The van der Waals surface area contributed by atoms with Crippen molar-refractivity contribution >= 4 is 16.8 Å². The van der Waals surface area contributed by atoms with E-state index in [4.69, 9.17) is 0 Å². The van der Waals surface area contributed by atoms with Crippen LogP contribution in [0, 0.1) is 24.6 Å². The Bertz CT molecular complexity index is 1300. The van der Waals surface area contributed by atoms with Gasteiger partial charge >= 0.3 is 0 Å². The van der Waals surface area contributed by atoms with Crippen LogP contribution in [0.15, 0.2) is 35.5 Å². The Morgan fingerprint density at radius 1 is 1.31 bits per heavy atom. The van der Waals surface area contributed by atoms with Crippen molar-refractivity contribution in [3.63, 3.8) is 0 Å². The van der Waals surface area contributed by atoms with Crippen molar-refractivity contribution in [1.29, 1.82) is 0 Å². The van der Waals surface area contributed by atoms with Crippen LogP contribution in [0.1, 0.15) is 49.0 Å². The SMILES string of the molecule is CC(=O)NCC#Cc1cc2c(=N[C@H](C)c3cccc(C(F)F)c3F)nc(C)n(C)c2cn1. The van der Waals surface area contributed by atoms with Gasteiger partial charge in [-0.05, 0) is 25.8 Å². The Morgan fingerprint density at radius 2 is 2.03 bits per heavy atom. The van der Waals surface area contributed by atoms with Crippen LogP contribution < -0.4 is 10.8 Å². The highest BCUT2D eigenvalue weighted by Crippen LogP contribution is 2.28. The standard InChI is InChI=1S/C23H22F3N5O/c1-13(17-8-5-9-18(21(17)24)22(25)26)29-23-19-11-16(7-6-10-27-15(3)32)28-12-20(19)31(4)14(2)30-23/h5,8-9,11-13,22H,10H2,1-4H3,(H,27,32)/t13-/m1/s1. The summed E-state index contributed by atoms with van der Waals surface area (Å²) >= 11 is 0. The highest BCUT2D eigenvalue weighted by molar-refractivity contribution is 5.78. The molecule has 32 heavy (non-hydrogen) atoms. The number of fused-ring (bicyclic) bond motifs is 1. The number of nitrogens with one attached hydrogen (secondary N) is 1. The number of rotatable bonds is 4. The van der Waals surface area contributed by atoms with E-state index in [-0.39, 0.29) is 18.0 Å². The number of aryl methyl sites for hydroxylation is 2. The van der Waals surface area contributed by atoms with Crippen molar-refractivity contribution in [3.8, 4) is 11.8 Å². The van der Waals surface area contributed by atoms with E-state index < -0.39 is 23.8 Å². The van der Waals surface area contributed by atoms with E-state index in [1.54, 1.807) is 26.1 Å². The molecule has 0 spiro atoms. The van der Waals surface area contributed by atoms with Crippen molar-refractivity contribution in [2.24, 2.45) is 12.0 Å². The maximum atomic E-state index is 14.6. The van der Waals surface area contributed by atoms with Gasteiger partial charge < -0.3 is 9.88 Å². The lowest BCUT2D eigenvalue weighted by molar-refractivity contribution is -0.118. The molecule has 1 atom stereocenters. The van der Waals surface area contributed by atoms with Gasteiger partial charge in [0.15, 0.2) is 5.49 Å². The minimum absolute atomic E-state index is 0.0630. The van der Waals surface area contributed by atoms with Gasteiger partial charge in [-0.3, -0.25) is 9.79 Å². The van der Waals surface area contributed by atoms with Crippen LogP contribution in [0.5, 0.6) is 0 Å². The molecule has 2 heterocycles. The third-order valence-electron chi connectivity index (χ3n) is 4.94. The second-order valence-corrected chi connectivity index (χ2v) is 7.20. The van der Waals surface area contributed by atoms with E-state index in [9.17, 15) is 18.0 Å². The first kappa shape index (κ1) is 23.0. The average Bonchev–Trinajstić information content (AvgIpc) is 2.74. The Morgan fingerprint density at radius 3 is 2.72 bits per heavy atom. The first-order valence-corrected chi connectivity index (χ1v) is 9.86. The minimum Gasteiger partial charge on any atom is -0.345 e. The van der Waals surface area contributed by atoms with Gasteiger partial charge in [-0.2, -0.15) is 0 Å². The van der Waals surface area contributed by atoms with Crippen LogP contribution in [0.25, 0.3) is 10.9 Å². The minimum atomic E-state index is -2.91. The van der Waals surface area contributed by atoms with Gasteiger partial charge in [0.1, 0.15) is 17.3 Å². The molecule has 1 aromatic carbocycles.